The van der Waals surface area contributed by atoms with Gasteiger partial charge in [-0.3, -0.25) is 9.59 Å². The molecule has 0 aliphatic carbocycles. The van der Waals surface area contributed by atoms with E-state index in [-0.39, 0.29) is 55.2 Å². The fraction of sp³-hybridized carbons (Fsp3) is 0.136. The Bertz CT molecular complexity index is 2010. The van der Waals surface area contributed by atoms with E-state index in [4.69, 9.17) is 0 Å². The van der Waals surface area contributed by atoms with Crippen LogP contribution in [-0.2, 0) is 27.7 Å². The zero-order valence-electron chi connectivity index (χ0n) is 30.4. The van der Waals surface area contributed by atoms with Crippen LogP contribution in [0.2, 0.25) is 0 Å². The number of hydrogen-bond donors (Lipinski definition) is 0. The van der Waals surface area contributed by atoms with Gasteiger partial charge in [-0.2, -0.15) is 0 Å². The molecule has 0 spiro atoms. The van der Waals surface area contributed by atoms with Gasteiger partial charge in [0.1, 0.15) is 0 Å². The number of aryl methyl sites for hydroxylation is 6. The molecule has 0 saturated carbocycles. The predicted molar refractivity (Wildman–Crippen MR) is 211 cm³/mol. The number of hydrogen-bond acceptors (Lipinski definition) is 4. The Balaban J connectivity index is 0.000000294. The number of aldehydes is 1. The third-order valence-electron chi connectivity index (χ3n) is 8.25. The van der Waals surface area contributed by atoms with E-state index < -0.39 is 14.9 Å². The minimum absolute atomic E-state index is 0. The zero-order chi connectivity index (χ0) is 36.3. The van der Waals surface area contributed by atoms with Crippen molar-refractivity contribution in [2.24, 2.45) is 0 Å². The summed E-state index contributed by atoms with van der Waals surface area (Å²) in [6.45, 7) is 11.8. The summed E-state index contributed by atoms with van der Waals surface area (Å²) in [5, 5.41) is 2.92. The fourth-order valence-electron chi connectivity index (χ4n) is 5.99. The Hall–Kier alpha value is -3.37. The van der Waals surface area contributed by atoms with Crippen LogP contribution in [0.15, 0.2) is 146 Å². The monoisotopic (exact) mass is 986 g/mol. The summed E-state index contributed by atoms with van der Waals surface area (Å²) in [6, 6.07) is 45.2. The Morgan fingerprint density at radius 2 is 0.846 bits per heavy atom. The minimum Gasteiger partial charge on any atom is -0.305 e. The van der Waals surface area contributed by atoms with Gasteiger partial charge >= 0.3 is 7.80 Å². The van der Waals surface area contributed by atoms with Gasteiger partial charge in [0.15, 0.2) is 16.9 Å². The second-order valence-electron chi connectivity index (χ2n) is 12.3. The smallest absolute Gasteiger partial charge is 0.305 e. The maximum atomic E-state index is 14.2. The van der Waals surface area contributed by atoms with E-state index in [1.165, 1.54) is 5.56 Å². The minimum atomic E-state index is -3.44. The molecular formula is C44H43O4P2UV+. The first-order valence-electron chi connectivity index (χ1n) is 16.4. The maximum Gasteiger partial charge on any atom is 0.415 e. The van der Waals surface area contributed by atoms with Crippen molar-refractivity contribution in [2.75, 3.05) is 0 Å². The maximum absolute atomic E-state index is 14.2. The summed E-state index contributed by atoms with van der Waals surface area (Å²) in [6.07, 6.45) is 0.921. The summed E-state index contributed by atoms with van der Waals surface area (Å²) < 4.78 is 26.2. The van der Waals surface area contributed by atoms with Crippen molar-refractivity contribution in [1.82, 2.24) is 0 Å². The van der Waals surface area contributed by atoms with Crippen molar-refractivity contribution in [3.8, 4) is 0 Å². The van der Waals surface area contributed by atoms with Gasteiger partial charge in [-0.15, -0.1) is 0 Å². The van der Waals surface area contributed by atoms with Gasteiger partial charge in [0.2, 0.25) is 12.7 Å². The molecule has 0 aliphatic rings. The van der Waals surface area contributed by atoms with E-state index in [9.17, 15) is 18.7 Å². The second kappa shape index (κ2) is 21.4. The number of benzene rings is 6. The largest absolute Gasteiger partial charge is 0.415 e. The van der Waals surface area contributed by atoms with Crippen molar-refractivity contribution < 1.29 is 68.4 Å². The molecule has 261 valence electrons. The molecule has 0 heterocycles. The summed E-state index contributed by atoms with van der Waals surface area (Å²) >= 11 is 0. The van der Waals surface area contributed by atoms with Crippen LogP contribution in [0, 0.1) is 72.7 Å². The van der Waals surface area contributed by atoms with Gasteiger partial charge in [-0.25, -0.2) is 0 Å². The molecular weight excluding hydrogens is 943 g/mol. The van der Waals surface area contributed by atoms with Crippen molar-refractivity contribution >= 4 is 48.0 Å². The molecule has 0 amide bonds. The van der Waals surface area contributed by atoms with Gasteiger partial charge in [0, 0.05) is 71.4 Å². The number of carbonyl (C=O) groups is 2. The molecule has 0 aromatic heterocycles. The quantitative estimate of drug-likeness (QED) is 0.118. The molecule has 6 aromatic rings. The summed E-state index contributed by atoms with van der Waals surface area (Å²) in [7, 11) is -4.87. The van der Waals surface area contributed by atoms with E-state index in [0.717, 1.165) is 50.3 Å². The third-order valence-corrected chi connectivity index (χ3v) is 12.6. The molecule has 6 aromatic carbocycles. The standard InChI is InChI=1S/C22H21O2P.C12H10OP.C10H12O.U.V/c1-16-14-17(2)21(18(3)15-16)22(23)25(24,19-10-6-4-7-11-19)20-12-8-5-9-13-20;13-14(11-7-3-1-4-8-11)12-9-5-2-6-10-12;1-7-4-8(2)10(6-11)9(3)5-7;;/h4-15H,1-3H3;1-10H;4-6H,1-3H3;;/q;+1;;;. The van der Waals surface area contributed by atoms with E-state index in [0.29, 0.717) is 16.2 Å². The molecule has 8 heteroatoms. The average Bonchev–Trinajstić information content (AvgIpc) is 3.12. The van der Waals surface area contributed by atoms with Gasteiger partial charge in [0.25, 0.3) is 0 Å². The molecule has 0 aliphatic heterocycles. The molecule has 0 unspecified atom stereocenters. The molecule has 1 radical (unpaired) electrons. The van der Waals surface area contributed by atoms with Crippen molar-refractivity contribution in [3.63, 3.8) is 0 Å². The number of carbonyl (C=O) groups excluding carboxylic acids is 2. The molecule has 0 fully saturated rings. The first kappa shape index (κ1) is 44.8. The van der Waals surface area contributed by atoms with Gasteiger partial charge in [-0.1, -0.05) is 137 Å². The first-order chi connectivity index (χ1) is 24.0. The van der Waals surface area contributed by atoms with Crippen molar-refractivity contribution in [1.29, 1.82) is 0 Å². The van der Waals surface area contributed by atoms with Crippen LogP contribution in [-0.4, -0.2) is 11.8 Å². The predicted octanol–water partition coefficient (Wildman–Crippen LogP) is 9.65. The van der Waals surface area contributed by atoms with Crippen LogP contribution in [0.3, 0.4) is 0 Å². The van der Waals surface area contributed by atoms with Crippen LogP contribution in [0.1, 0.15) is 54.1 Å². The summed E-state index contributed by atoms with van der Waals surface area (Å²) in [5.41, 5.74) is 7.29. The molecule has 4 nitrogen and oxygen atoms in total. The average molecular weight is 987 g/mol. The van der Waals surface area contributed by atoms with Crippen molar-refractivity contribution in [2.45, 2.75) is 41.5 Å². The molecule has 52 heavy (non-hydrogen) atoms. The Labute approximate surface area is 345 Å². The topological polar surface area (TPSA) is 68.3 Å². The summed E-state index contributed by atoms with van der Waals surface area (Å²) in [4.78, 5) is 24.1. The molecule has 0 saturated heterocycles. The Morgan fingerprint density at radius 3 is 1.17 bits per heavy atom. The Kier molecular flexibility index (Phi) is 18.4. The van der Waals surface area contributed by atoms with Gasteiger partial charge in [0.05, 0.1) is 0 Å². The first-order valence-corrected chi connectivity index (χ1v) is 19.4. The third kappa shape index (κ3) is 11.3. The van der Waals surface area contributed by atoms with Crippen LogP contribution >= 0.6 is 14.9 Å². The van der Waals surface area contributed by atoms with E-state index >= 15 is 0 Å². The Morgan fingerprint density at radius 1 is 0.538 bits per heavy atom. The van der Waals surface area contributed by atoms with E-state index in [2.05, 4.69) is 0 Å². The summed E-state index contributed by atoms with van der Waals surface area (Å²) in [5.74, 6) is 0. The number of rotatable bonds is 7. The van der Waals surface area contributed by atoms with E-state index in [1.54, 1.807) is 24.3 Å². The molecule has 0 bridgehead atoms. The molecule has 0 N–H and O–H groups in total. The van der Waals surface area contributed by atoms with Crippen LogP contribution in [0.5, 0.6) is 0 Å². The van der Waals surface area contributed by atoms with Crippen molar-refractivity contribution in [3.05, 3.63) is 190 Å². The van der Waals surface area contributed by atoms with Crippen LogP contribution in [0.4, 0.5) is 0 Å². The van der Waals surface area contributed by atoms with Crippen LogP contribution < -0.4 is 21.2 Å². The SMILES string of the molecule is Cc1cc(C)c(C(=O)P(=O)(c2ccccc2)c2ccccc2)c(C)c1.Cc1cc(C)c(C=O)c(C)c1.O=[P+](c1ccccc1)c1ccccc1.[U].[V]. The molecule has 0 atom stereocenters. The van der Waals surface area contributed by atoms with Gasteiger partial charge < -0.3 is 4.57 Å². The zero-order valence-corrected chi connectivity index (χ0v) is 37.8. The molecule has 6 rings (SSSR count). The van der Waals surface area contributed by atoms with E-state index in [1.807, 2.05) is 163 Å². The fourth-order valence-corrected chi connectivity index (χ4v) is 9.79. The van der Waals surface area contributed by atoms with Gasteiger partial charge in [-0.05, 0) is 88.1 Å². The van der Waals surface area contributed by atoms with Crippen LogP contribution in [0.25, 0.3) is 0 Å². The second-order valence-corrected chi connectivity index (χ2v) is 16.5. The normalized spacial score (nSPS) is 10.1.